The quantitative estimate of drug-likeness (QED) is 0.864. The van der Waals surface area contributed by atoms with Crippen molar-refractivity contribution in [1.29, 1.82) is 0 Å². The highest BCUT2D eigenvalue weighted by molar-refractivity contribution is 7.88. The van der Waals surface area contributed by atoms with Gasteiger partial charge in [-0.05, 0) is 26.0 Å². The summed E-state index contributed by atoms with van der Waals surface area (Å²) in [6.45, 7) is 6.19. The van der Waals surface area contributed by atoms with Crippen LogP contribution in [0.15, 0.2) is 30.6 Å². The van der Waals surface area contributed by atoms with E-state index in [1.54, 1.807) is 30.9 Å². The minimum atomic E-state index is -3.32. The van der Waals surface area contributed by atoms with E-state index >= 15 is 0 Å². The molecule has 0 fully saturated rings. The van der Waals surface area contributed by atoms with Crippen LogP contribution in [-0.4, -0.2) is 34.7 Å². The van der Waals surface area contributed by atoms with Crippen LogP contribution in [0.5, 0.6) is 0 Å². The highest BCUT2D eigenvalue weighted by atomic mass is 32.2. The van der Waals surface area contributed by atoms with E-state index in [1.807, 2.05) is 18.2 Å². The summed E-state index contributed by atoms with van der Waals surface area (Å²) in [7, 11) is -3.32. The molecule has 8 heteroatoms. The second kappa shape index (κ2) is 6.13. The summed E-state index contributed by atoms with van der Waals surface area (Å²) in [5.74, 6) is 0.182. The van der Waals surface area contributed by atoms with Crippen LogP contribution in [0.1, 0.15) is 38.1 Å². The van der Waals surface area contributed by atoms with Gasteiger partial charge in [0.15, 0.2) is 0 Å². The van der Waals surface area contributed by atoms with Gasteiger partial charge >= 0.3 is 0 Å². The number of sulfonamides is 1. The first-order valence-electron chi connectivity index (χ1n) is 6.98. The van der Waals surface area contributed by atoms with Gasteiger partial charge in [0.25, 0.3) is 0 Å². The summed E-state index contributed by atoms with van der Waals surface area (Å²) in [5, 5.41) is 8.17. The molecule has 22 heavy (non-hydrogen) atoms. The standard InChI is InChI=1S/C14H21N5O2S/c1-11(12-7-5-6-8-15-12)9-19-10-13(16-18-19)14(2,3)17-22(4,20)21/h5-8,10-11,17H,9H2,1-4H3. The highest BCUT2D eigenvalue weighted by Crippen LogP contribution is 2.19. The van der Waals surface area contributed by atoms with E-state index in [4.69, 9.17) is 0 Å². The van der Waals surface area contributed by atoms with Gasteiger partial charge in [-0.25, -0.2) is 13.1 Å². The molecule has 1 atom stereocenters. The van der Waals surface area contributed by atoms with Crippen molar-refractivity contribution in [3.05, 3.63) is 42.0 Å². The molecule has 0 saturated carbocycles. The number of aromatic nitrogens is 4. The summed E-state index contributed by atoms with van der Waals surface area (Å²) in [6, 6.07) is 5.80. The van der Waals surface area contributed by atoms with Gasteiger partial charge < -0.3 is 0 Å². The molecule has 2 heterocycles. The van der Waals surface area contributed by atoms with Gasteiger partial charge in [-0.1, -0.05) is 18.2 Å². The first kappa shape index (κ1) is 16.6. The Morgan fingerprint density at radius 3 is 2.68 bits per heavy atom. The zero-order valence-electron chi connectivity index (χ0n) is 13.2. The molecule has 0 saturated heterocycles. The monoisotopic (exact) mass is 323 g/mol. The molecule has 0 spiro atoms. The van der Waals surface area contributed by atoms with Crippen molar-refractivity contribution in [2.75, 3.05) is 6.26 Å². The summed E-state index contributed by atoms with van der Waals surface area (Å²) < 4.78 is 27.1. The number of nitrogens with one attached hydrogen (secondary N) is 1. The Balaban J connectivity index is 2.12. The molecular formula is C14H21N5O2S. The van der Waals surface area contributed by atoms with Crippen molar-refractivity contribution < 1.29 is 8.42 Å². The van der Waals surface area contributed by atoms with E-state index in [0.29, 0.717) is 12.2 Å². The molecule has 120 valence electrons. The normalized spacial score (nSPS) is 14.0. The van der Waals surface area contributed by atoms with Gasteiger partial charge in [0.05, 0.1) is 24.5 Å². The fourth-order valence-corrected chi connectivity index (χ4v) is 3.26. The average molecular weight is 323 g/mol. The van der Waals surface area contributed by atoms with Gasteiger partial charge in [-0.15, -0.1) is 5.10 Å². The third kappa shape index (κ3) is 4.35. The number of hydrogen-bond donors (Lipinski definition) is 1. The molecule has 0 aliphatic heterocycles. The maximum absolute atomic E-state index is 11.4. The third-order valence-corrected chi connectivity index (χ3v) is 4.15. The maximum atomic E-state index is 11.4. The summed E-state index contributed by atoms with van der Waals surface area (Å²) in [6.07, 6.45) is 4.65. The Morgan fingerprint density at radius 2 is 2.09 bits per heavy atom. The largest absolute Gasteiger partial charge is 0.261 e. The van der Waals surface area contributed by atoms with E-state index in [9.17, 15) is 8.42 Å². The predicted molar refractivity (Wildman–Crippen MR) is 83.7 cm³/mol. The topological polar surface area (TPSA) is 89.8 Å². The highest BCUT2D eigenvalue weighted by Gasteiger charge is 2.27. The molecule has 2 aromatic rings. The lowest BCUT2D eigenvalue weighted by molar-refractivity contribution is 0.462. The smallest absolute Gasteiger partial charge is 0.209 e. The van der Waals surface area contributed by atoms with E-state index < -0.39 is 15.6 Å². The van der Waals surface area contributed by atoms with Crippen molar-refractivity contribution in [3.63, 3.8) is 0 Å². The Labute approximate surface area is 130 Å². The van der Waals surface area contributed by atoms with Gasteiger partial charge in [0.1, 0.15) is 5.69 Å². The lowest BCUT2D eigenvalue weighted by atomic mass is 10.0. The SMILES string of the molecule is CC(Cn1cc(C(C)(C)NS(C)(=O)=O)nn1)c1ccccn1. The second-order valence-electron chi connectivity index (χ2n) is 5.98. The van der Waals surface area contributed by atoms with E-state index in [1.165, 1.54) is 0 Å². The van der Waals surface area contributed by atoms with Crippen molar-refractivity contribution >= 4 is 10.0 Å². The molecule has 1 unspecified atom stereocenters. The fraction of sp³-hybridized carbons (Fsp3) is 0.500. The lowest BCUT2D eigenvalue weighted by Gasteiger charge is -2.21. The van der Waals surface area contributed by atoms with Crippen LogP contribution in [-0.2, 0) is 22.1 Å². The fourth-order valence-electron chi connectivity index (χ4n) is 2.23. The van der Waals surface area contributed by atoms with Gasteiger partial charge in [0, 0.05) is 17.8 Å². The molecule has 0 bridgehead atoms. The molecule has 0 aromatic carbocycles. The van der Waals surface area contributed by atoms with Crippen LogP contribution < -0.4 is 4.72 Å². The van der Waals surface area contributed by atoms with Crippen LogP contribution in [0.4, 0.5) is 0 Å². The Kier molecular flexibility index (Phi) is 4.62. The van der Waals surface area contributed by atoms with Crippen LogP contribution in [0.3, 0.4) is 0 Å². The number of nitrogens with zero attached hydrogens (tertiary/aromatic N) is 4. The molecule has 0 amide bonds. The Hall–Kier alpha value is -1.80. The van der Waals surface area contributed by atoms with Crippen LogP contribution in [0.2, 0.25) is 0 Å². The second-order valence-corrected chi connectivity index (χ2v) is 7.73. The minimum absolute atomic E-state index is 0.182. The molecule has 0 aliphatic rings. The third-order valence-electron chi connectivity index (χ3n) is 3.27. The summed E-state index contributed by atoms with van der Waals surface area (Å²) in [5.41, 5.74) is 0.749. The van der Waals surface area contributed by atoms with Crippen LogP contribution in [0, 0.1) is 0 Å². The van der Waals surface area contributed by atoms with Crippen LogP contribution >= 0.6 is 0 Å². The first-order valence-corrected chi connectivity index (χ1v) is 8.87. The van der Waals surface area contributed by atoms with Crippen molar-refractivity contribution in [1.82, 2.24) is 24.7 Å². The maximum Gasteiger partial charge on any atom is 0.209 e. The molecule has 0 radical (unpaired) electrons. The van der Waals surface area contributed by atoms with Crippen molar-refractivity contribution in [2.45, 2.75) is 38.8 Å². The van der Waals surface area contributed by atoms with Crippen molar-refractivity contribution in [3.8, 4) is 0 Å². The van der Waals surface area contributed by atoms with Gasteiger partial charge in [0.2, 0.25) is 10.0 Å². The average Bonchev–Trinajstić information content (AvgIpc) is 2.86. The molecular weight excluding hydrogens is 302 g/mol. The molecule has 1 N–H and O–H groups in total. The Bertz CT molecular complexity index is 725. The van der Waals surface area contributed by atoms with E-state index in [0.717, 1.165) is 11.9 Å². The molecule has 2 aromatic heterocycles. The summed E-state index contributed by atoms with van der Waals surface area (Å²) in [4.78, 5) is 4.33. The minimum Gasteiger partial charge on any atom is -0.261 e. The summed E-state index contributed by atoms with van der Waals surface area (Å²) >= 11 is 0. The zero-order valence-corrected chi connectivity index (χ0v) is 14.0. The molecule has 2 rings (SSSR count). The van der Waals surface area contributed by atoms with Crippen LogP contribution in [0.25, 0.3) is 0 Å². The van der Waals surface area contributed by atoms with E-state index in [-0.39, 0.29) is 5.92 Å². The Morgan fingerprint density at radius 1 is 1.36 bits per heavy atom. The van der Waals surface area contributed by atoms with Crippen molar-refractivity contribution in [2.24, 2.45) is 0 Å². The zero-order chi connectivity index (χ0) is 16.4. The molecule has 0 aliphatic carbocycles. The lowest BCUT2D eigenvalue weighted by Crippen LogP contribution is -2.40. The van der Waals surface area contributed by atoms with Gasteiger partial charge in [-0.3, -0.25) is 9.67 Å². The first-order chi connectivity index (χ1) is 10.2. The number of hydrogen-bond acceptors (Lipinski definition) is 5. The van der Waals surface area contributed by atoms with Gasteiger partial charge in [-0.2, -0.15) is 0 Å². The molecule has 7 nitrogen and oxygen atoms in total. The van der Waals surface area contributed by atoms with E-state index in [2.05, 4.69) is 26.9 Å². The number of rotatable bonds is 6. The number of pyridine rings is 1. The predicted octanol–water partition coefficient (Wildman–Crippen LogP) is 1.26.